The van der Waals surface area contributed by atoms with Crippen molar-refractivity contribution >= 4 is 35.3 Å². The minimum absolute atomic E-state index is 0.0599. The number of hydrogen-bond acceptors (Lipinski definition) is 4. The number of hydrogen-bond donors (Lipinski definition) is 1. The smallest absolute Gasteiger partial charge is 0.262 e. The number of fused-ring (bicyclic) bond motifs is 2. The highest BCUT2D eigenvalue weighted by Crippen LogP contribution is 2.31. The first-order valence-electron chi connectivity index (χ1n) is 5.06. The van der Waals surface area contributed by atoms with Crippen LogP contribution >= 0.6 is 24.4 Å². The molecule has 2 aromatic rings. The van der Waals surface area contributed by atoms with Crippen LogP contribution in [0.1, 0.15) is 6.04 Å². The fourth-order valence-corrected chi connectivity index (χ4v) is 3.54. The van der Waals surface area contributed by atoms with Crippen molar-refractivity contribution in [2.24, 2.45) is 0 Å². The summed E-state index contributed by atoms with van der Waals surface area (Å²) in [5.74, 6) is 1.57. The minimum Gasteiger partial charge on any atom is -0.282 e. The molecule has 3 nitrogen and oxygen atoms in total. The van der Waals surface area contributed by atoms with E-state index in [0.29, 0.717) is 11.1 Å². The zero-order valence-corrected chi connectivity index (χ0v) is 10.2. The van der Waals surface area contributed by atoms with Crippen LogP contribution in [0.5, 0.6) is 0 Å². The molecule has 0 spiro atoms. The average molecular weight is 250 g/mol. The van der Waals surface area contributed by atoms with Crippen LogP contribution < -0.4 is 5.56 Å². The highest BCUT2D eigenvalue weighted by molar-refractivity contribution is 7.99. The van der Waals surface area contributed by atoms with Crippen molar-refractivity contribution in [3.05, 3.63) is 34.6 Å². The second-order valence-corrected chi connectivity index (χ2v) is 5.09. The summed E-state index contributed by atoms with van der Waals surface area (Å²) in [4.78, 5) is 16.8. The third-order valence-corrected chi connectivity index (χ3v) is 4.28. The van der Waals surface area contributed by atoms with Gasteiger partial charge in [0.05, 0.1) is 16.9 Å². The zero-order valence-electron chi connectivity index (χ0n) is 8.46. The summed E-state index contributed by atoms with van der Waals surface area (Å²) in [5, 5.41) is 1.52. The molecule has 1 aromatic heterocycles. The lowest BCUT2D eigenvalue weighted by atomic mass is 10.2. The van der Waals surface area contributed by atoms with Crippen LogP contribution in [-0.2, 0) is 0 Å². The lowest BCUT2D eigenvalue weighted by Gasteiger charge is -2.10. The standard InChI is InChI=1S/C11H10N2OS2/c14-10-8-3-1-2-4-9(8)12-11-13(10)7(5-15)6-16-11/h1-4,7,15H,5-6H2/t7-/m1/s1. The minimum atomic E-state index is 0.0599. The summed E-state index contributed by atoms with van der Waals surface area (Å²) in [6.07, 6.45) is 0. The van der Waals surface area contributed by atoms with Crippen molar-refractivity contribution < 1.29 is 0 Å². The zero-order chi connectivity index (χ0) is 11.1. The van der Waals surface area contributed by atoms with Gasteiger partial charge < -0.3 is 0 Å². The molecular formula is C11H10N2OS2. The van der Waals surface area contributed by atoms with Gasteiger partial charge in [0.2, 0.25) is 0 Å². The Labute approximate surface area is 102 Å². The number of benzene rings is 1. The van der Waals surface area contributed by atoms with Crippen molar-refractivity contribution in [2.45, 2.75) is 11.2 Å². The third kappa shape index (κ3) is 1.38. The van der Waals surface area contributed by atoms with E-state index in [0.717, 1.165) is 16.4 Å². The molecule has 0 saturated carbocycles. The molecule has 16 heavy (non-hydrogen) atoms. The van der Waals surface area contributed by atoms with E-state index in [-0.39, 0.29) is 11.6 Å². The number of aromatic nitrogens is 2. The van der Waals surface area contributed by atoms with Gasteiger partial charge in [-0.1, -0.05) is 23.9 Å². The number of thiol groups is 1. The SMILES string of the molecule is O=c1c2ccccc2nc2n1[C@H](CS)CS2. The largest absolute Gasteiger partial charge is 0.282 e. The Hall–Kier alpha value is -0.940. The predicted molar refractivity (Wildman–Crippen MR) is 69.6 cm³/mol. The molecule has 0 amide bonds. The maximum absolute atomic E-state index is 12.3. The first-order valence-corrected chi connectivity index (χ1v) is 6.68. The summed E-state index contributed by atoms with van der Waals surface area (Å²) in [7, 11) is 0. The van der Waals surface area contributed by atoms with Crippen LogP contribution in [0.25, 0.3) is 10.9 Å². The van der Waals surface area contributed by atoms with Crippen molar-refractivity contribution in [3.63, 3.8) is 0 Å². The summed E-state index contributed by atoms with van der Waals surface area (Å²) in [6, 6.07) is 7.66. The van der Waals surface area contributed by atoms with Crippen molar-refractivity contribution in [1.29, 1.82) is 0 Å². The van der Waals surface area contributed by atoms with Crippen molar-refractivity contribution in [1.82, 2.24) is 9.55 Å². The molecule has 82 valence electrons. The van der Waals surface area contributed by atoms with Crippen molar-refractivity contribution in [2.75, 3.05) is 11.5 Å². The Kier molecular flexibility index (Phi) is 2.44. The molecular weight excluding hydrogens is 240 g/mol. The van der Waals surface area contributed by atoms with E-state index in [2.05, 4.69) is 17.6 Å². The molecule has 0 radical (unpaired) electrons. The first kappa shape index (κ1) is 10.2. The van der Waals surface area contributed by atoms with Gasteiger partial charge in [-0.25, -0.2) is 4.98 Å². The van der Waals surface area contributed by atoms with E-state index in [1.54, 1.807) is 16.3 Å². The molecule has 2 heterocycles. The fraction of sp³-hybridized carbons (Fsp3) is 0.273. The summed E-state index contributed by atoms with van der Waals surface area (Å²) in [6.45, 7) is 0. The topological polar surface area (TPSA) is 34.9 Å². The first-order chi connectivity index (χ1) is 7.81. The number of para-hydroxylation sites is 1. The summed E-state index contributed by atoms with van der Waals surface area (Å²) < 4.78 is 1.78. The Morgan fingerprint density at radius 2 is 2.31 bits per heavy atom. The monoisotopic (exact) mass is 250 g/mol. The van der Waals surface area contributed by atoms with Gasteiger partial charge in [-0.3, -0.25) is 9.36 Å². The molecule has 0 bridgehead atoms. The molecule has 0 fully saturated rings. The van der Waals surface area contributed by atoms with Gasteiger partial charge in [0, 0.05) is 11.5 Å². The highest BCUT2D eigenvalue weighted by atomic mass is 32.2. The van der Waals surface area contributed by atoms with Gasteiger partial charge in [-0.15, -0.1) is 0 Å². The van der Waals surface area contributed by atoms with Gasteiger partial charge in [0.1, 0.15) is 0 Å². The highest BCUT2D eigenvalue weighted by Gasteiger charge is 2.24. The van der Waals surface area contributed by atoms with Crippen LogP contribution in [0, 0.1) is 0 Å². The molecule has 1 aliphatic heterocycles. The molecule has 3 rings (SSSR count). The van der Waals surface area contributed by atoms with Crippen LogP contribution in [-0.4, -0.2) is 21.1 Å². The number of nitrogens with zero attached hydrogens (tertiary/aromatic N) is 2. The lowest BCUT2D eigenvalue weighted by molar-refractivity contribution is 0.559. The number of rotatable bonds is 1. The van der Waals surface area contributed by atoms with Crippen LogP contribution in [0.15, 0.2) is 34.2 Å². The molecule has 0 N–H and O–H groups in total. The Bertz CT molecular complexity index is 608. The molecule has 0 aliphatic carbocycles. The molecule has 0 unspecified atom stereocenters. The van der Waals surface area contributed by atoms with Gasteiger partial charge in [-0.05, 0) is 12.1 Å². The maximum Gasteiger partial charge on any atom is 0.262 e. The second-order valence-electron chi connectivity index (χ2n) is 3.73. The third-order valence-electron chi connectivity index (χ3n) is 2.76. The Balaban J connectivity index is 2.37. The normalized spacial score (nSPS) is 18.9. The van der Waals surface area contributed by atoms with E-state index in [1.165, 1.54) is 0 Å². The quantitative estimate of drug-likeness (QED) is 0.621. The second kappa shape index (κ2) is 3.82. The van der Waals surface area contributed by atoms with Gasteiger partial charge in [0.15, 0.2) is 5.16 Å². The van der Waals surface area contributed by atoms with E-state index in [9.17, 15) is 4.79 Å². The fourth-order valence-electron chi connectivity index (χ4n) is 1.93. The van der Waals surface area contributed by atoms with E-state index in [1.807, 2.05) is 24.3 Å². The lowest BCUT2D eigenvalue weighted by Crippen LogP contribution is -2.25. The van der Waals surface area contributed by atoms with Crippen molar-refractivity contribution in [3.8, 4) is 0 Å². The van der Waals surface area contributed by atoms with Gasteiger partial charge >= 0.3 is 0 Å². The molecule has 1 atom stereocenters. The van der Waals surface area contributed by atoms with E-state index in [4.69, 9.17) is 0 Å². The van der Waals surface area contributed by atoms with Crippen LogP contribution in [0.4, 0.5) is 0 Å². The molecule has 1 aromatic carbocycles. The Morgan fingerprint density at radius 3 is 3.12 bits per heavy atom. The predicted octanol–water partition coefficient (Wildman–Crippen LogP) is 1.97. The Morgan fingerprint density at radius 1 is 1.50 bits per heavy atom. The van der Waals surface area contributed by atoms with Gasteiger partial charge in [-0.2, -0.15) is 12.6 Å². The maximum atomic E-state index is 12.3. The summed E-state index contributed by atoms with van der Waals surface area (Å²) in [5.41, 5.74) is 0.843. The number of thioether (sulfide) groups is 1. The summed E-state index contributed by atoms with van der Waals surface area (Å²) >= 11 is 5.91. The molecule has 5 heteroatoms. The average Bonchev–Trinajstić information content (AvgIpc) is 2.72. The van der Waals surface area contributed by atoms with E-state index < -0.39 is 0 Å². The molecule has 1 aliphatic rings. The van der Waals surface area contributed by atoms with E-state index >= 15 is 0 Å². The molecule has 0 saturated heterocycles. The van der Waals surface area contributed by atoms with Gasteiger partial charge in [0.25, 0.3) is 5.56 Å². The van der Waals surface area contributed by atoms with Crippen LogP contribution in [0.3, 0.4) is 0 Å². The van der Waals surface area contributed by atoms with Crippen LogP contribution in [0.2, 0.25) is 0 Å².